The average Bonchev–Trinajstić information content (AvgIpc) is 2.96. The second kappa shape index (κ2) is 5.98. The number of sulfonamides is 1. The Morgan fingerprint density at radius 1 is 1.38 bits per heavy atom. The van der Waals surface area contributed by atoms with Crippen LogP contribution in [0.2, 0.25) is 0 Å². The van der Waals surface area contributed by atoms with E-state index in [-0.39, 0.29) is 10.5 Å². The van der Waals surface area contributed by atoms with Crippen molar-refractivity contribution in [2.24, 2.45) is 5.14 Å². The molecule has 1 aromatic heterocycles. The number of nitrogens with two attached hydrogens (primary N) is 1. The molecule has 3 N–H and O–H groups in total. The summed E-state index contributed by atoms with van der Waals surface area (Å²) in [5, 5.41) is 8.03. The van der Waals surface area contributed by atoms with Gasteiger partial charge in [0.25, 0.3) is 0 Å². The molecule has 1 aromatic carbocycles. The lowest BCUT2D eigenvalue weighted by molar-refractivity contribution is 0.0601. The van der Waals surface area contributed by atoms with Gasteiger partial charge >= 0.3 is 5.97 Å². The van der Waals surface area contributed by atoms with E-state index in [2.05, 4.69) is 10.1 Å². The van der Waals surface area contributed by atoms with Crippen LogP contribution < -0.4 is 10.5 Å². The van der Waals surface area contributed by atoms with E-state index in [0.717, 1.165) is 0 Å². The largest absolute Gasteiger partial charge is 0.467 e. The van der Waals surface area contributed by atoms with Crippen molar-refractivity contribution in [2.45, 2.75) is 11.4 Å². The lowest BCUT2D eigenvalue weighted by Gasteiger charge is -2.11. The standard InChI is InChI=1S/C13H14N2O5S/c1-19-13(16)11-7-10(21(14,17)18)4-5-12(11)15-8-9-3-2-6-20-9/h2-7,15H,8H2,1H3,(H2,14,17,18). The first-order chi connectivity index (χ1) is 9.91. The van der Waals surface area contributed by atoms with Crippen LogP contribution in [0.1, 0.15) is 16.1 Å². The second-order valence-corrected chi connectivity index (χ2v) is 5.74. The molecule has 0 bridgehead atoms. The Kier molecular flexibility index (Phi) is 4.29. The zero-order valence-corrected chi connectivity index (χ0v) is 12.0. The van der Waals surface area contributed by atoms with Crippen LogP contribution in [0, 0.1) is 0 Å². The smallest absolute Gasteiger partial charge is 0.340 e. The van der Waals surface area contributed by atoms with Crippen LogP contribution in [0.5, 0.6) is 0 Å². The number of anilines is 1. The average molecular weight is 310 g/mol. The molecule has 21 heavy (non-hydrogen) atoms. The fraction of sp³-hybridized carbons (Fsp3) is 0.154. The Morgan fingerprint density at radius 3 is 2.71 bits per heavy atom. The first kappa shape index (κ1) is 15.1. The van der Waals surface area contributed by atoms with Gasteiger partial charge in [0.2, 0.25) is 10.0 Å². The molecule has 0 aliphatic carbocycles. The van der Waals surface area contributed by atoms with Crippen molar-refractivity contribution in [2.75, 3.05) is 12.4 Å². The van der Waals surface area contributed by atoms with Gasteiger partial charge < -0.3 is 14.5 Å². The maximum absolute atomic E-state index is 11.8. The van der Waals surface area contributed by atoms with Crippen molar-refractivity contribution in [3.63, 3.8) is 0 Å². The highest BCUT2D eigenvalue weighted by atomic mass is 32.2. The van der Waals surface area contributed by atoms with Gasteiger partial charge in [0.15, 0.2) is 0 Å². The molecule has 0 saturated heterocycles. The predicted molar refractivity (Wildman–Crippen MR) is 75.2 cm³/mol. The van der Waals surface area contributed by atoms with Gasteiger partial charge in [0, 0.05) is 5.69 Å². The first-order valence-electron chi connectivity index (χ1n) is 5.93. The van der Waals surface area contributed by atoms with Gasteiger partial charge in [0.1, 0.15) is 5.76 Å². The summed E-state index contributed by atoms with van der Waals surface area (Å²) in [6.07, 6.45) is 1.53. The molecule has 0 unspecified atom stereocenters. The summed E-state index contributed by atoms with van der Waals surface area (Å²) < 4.78 is 32.5. The third kappa shape index (κ3) is 3.61. The molecule has 2 aromatic rings. The van der Waals surface area contributed by atoms with Crippen LogP contribution in [0.4, 0.5) is 5.69 Å². The van der Waals surface area contributed by atoms with Crippen molar-refractivity contribution >= 4 is 21.7 Å². The van der Waals surface area contributed by atoms with Crippen molar-refractivity contribution in [3.8, 4) is 0 Å². The van der Waals surface area contributed by atoms with Crippen LogP contribution >= 0.6 is 0 Å². The van der Waals surface area contributed by atoms with Gasteiger partial charge in [0.05, 0.1) is 30.4 Å². The molecule has 0 atom stereocenters. The second-order valence-electron chi connectivity index (χ2n) is 4.18. The monoisotopic (exact) mass is 310 g/mol. The maximum Gasteiger partial charge on any atom is 0.340 e. The van der Waals surface area contributed by atoms with Gasteiger partial charge in [-0.15, -0.1) is 0 Å². The number of hydrogen-bond acceptors (Lipinski definition) is 6. The molecule has 2 rings (SSSR count). The normalized spacial score (nSPS) is 11.1. The zero-order chi connectivity index (χ0) is 15.5. The molecule has 0 radical (unpaired) electrons. The van der Waals surface area contributed by atoms with E-state index < -0.39 is 16.0 Å². The molecule has 0 aliphatic rings. The summed E-state index contributed by atoms with van der Waals surface area (Å²) in [6.45, 7) is 0.339. The number of hydrogen-bond donors (Lipinski definition) is 2. The fourth-order valence-electron chi connectivity index (χ4n) is 1.73. The van der Waals surface area contributed by atoms with Crippen LogP contribution in [0.25, 0.3) is 0 Å². The molecule has 0 saturated carbocycles. The summed E-state index contributed by atoms with van der Waals surface area (Å²) in [4.78, 5) is 11.6. The van der Waals surface area contributed by atoms with Gasteiger partial charge in [-0.25, -0.2) is 18.4 Å². The van der Waals surface area contributed by atoms with E-state index in [4.69, 9.17) is 9.56 Å². The summed E-state index contributed by atoms with van der Waals surface area (Å²) in [5.41, 5.74) is 0.501. The van der Waals surface area contributed by atoms with Gasteiger partial charge in [-0.05, 0) is 30.3 Å². The Morgan fingerprint density at radius 2 is 2.14 bits per heavy atom. The Bertz CT molecular complexity index is 738. The quantitative estimate of drug-likeness (QED) is 0.806. The minimum atomic E-state index is -3.90. The minimum Gasteiger partial charge on any atom is -0.467 e. The molecule has 112 valence electrons. The van der Waals surface area contributed by atoms with Crippen molar-refractivity contribution in [3.05, 3.63) is 47.9 Å². The number of primary sulfonamides is 1. The van der Waals surface area contributed by atoms with Gasteiger partial charge in [-0.1, -0.05) is 0 Å². The SMILES string of the molecule is COC(=O)c1cc(S(N)(=O)=O)ccc1NCc1ccco1. The van der Waals surface area contributed by atoms with Crippen molar-refractivity contribution in [1.29, 1.82) is 0 Å². The molecule has 0 amide bonds. The fourth-order valence-corrected chi connectivity index (χ4v) is 2.27. The predicted octanol–water partition coefficient (Wildman–Crippen LogP) is 1.33. The maximum atomic E-state index is 11.8. The Hall–Kier alpha value is -2.32. The lowest BCUT2D eigenvalue weighted by Crippen LogP contribution is -2.15. The van der Waals surface area contributed by atoms with Crippen molar-refractivity contribution < 1.29 is 22.4 Å². The molecule has 7 nitrogen and oxygen atoms in total. The van der Waals surface area contributed by atoms with E-state index in [1.165, 1.54) is 31.6 Å². The van der Waals surface area contributed by atoms with E-state index in [1.807, 2.05) is 0 Å². The number of esters is 1. The molecule has 0 fully saturated rings. The van der Waals surface area contributed by atoms with Crippen LogP contribution in [-0.2, 0) is 21.3 Å². The van der Waals surface area contributed by atoms with E-state index in [1.54, 1.807) is 12.1 Å². The molecular weight excluding hydrogens is 296 g/mol. The third-order valence-electron chi connectivity index (χ3n) is 2.76. The number of nitrogens with one attached hydrogen (secondary N) is 1. The first-order valence-corrected chi connectivity index (χ1v) is 7.48. The van der Waals surface area contributed by atoms with E-state index in [9.17, 15) is 13.2 Å². The number of benzene rings is 1. The summed E-state index contributed by atoms with van der Waals surface area (Å²) >= 11 is 0. The van der Waals surface area contributed by atoms with Crippen LogP contribution in [-0.4, -0.2) is 21.5 Å². The number of carbonyl (C=O) groups excluding carboxylic acids is 1. The van der Waals surface area contributed by atoms with Gasteiger partial charge in [-0.3, -0.25) is 0 Å². The van der Waals surface area contributed by atoms with Crippen LogP contribution in [0.3, 0.4) is 0 Å². The lowest BCUT2D eigenvalue weighted by atomic mass is 10.1. The van der Waals surface area contributed by atoms with E-state index >= 15 is 0 Å². The molecule has 8 heteroatoms. The molecule has 0 spiro atoms. The third-order valence-corrected chi connectivity index (χ3v) is 3.67. The number of rotatable bonds is 5. The molecule has 1 heterocycles. The highest BCUT2D eigenvalue weighted by molar-refractivity contribution is 7.89. The summed E-state index contributed by atoms with van der Waals surface area (Å²) in [7, 11) is -2.69. The topological polar surface area (TPSA) is 112 Å². The highest BCUT2D eigenvalue weighted by Crippen LogP contribution is 2.21. The number of carbonyl (C=O) groups is 1. The Labute approximate surface area is 121 Å². The van der Waals surface area contributed by atoms with E-state index in [0.29, 0.717) is 18.0 Å². The number of methoxy groups -OCH3 is 1. The number of ether oxygens (including phenoxy) is 1. The van der Waals surface area contributed by atoms with Gasteiger partial charge in [-0.2, -0.15) is 0 Å². The summed E-state index contributed by atoms with van der Waals surface area (Å²) in [6, 6.07) is 7.44. The summed E-state index contributed by atoms with van der Waals surface area (Å²) in [5.74, 6) is 0.00350. The van der Waals surface area contributed by atoms with Crippen LogP contribution in [0.15, 0.2) is 45.9 Å². The molecule has 0 aliphatic heterocycles. The molecular formula is C13H14N2O5S. The van der Waals surface area contributed by atoms with Crippen molar-refractivity contribution in [1.82, 2.24) is 0 Å². The zero-order valence-electron chi connectivity index (χ0n) is 11.2. The Balaban J connectivity index is 2.33. The minimum absolute atomic E-state index is 0.0792. The highest BCUT2D eigenvalue weighted by Gasteiger charge is 2.17. The number of furan rings is 1.